The maximum atomic E-state index is 6.03. The topological polar surface area (TPSA) is 44.0 Å². The van der Waals surface area contributed by atoms with Gasteiger partial charge in [-0.2, -0.15) is 0 Å². The number of aromatic amines is 1. The zero-order chi connectivity index (χ0) is 11.3. The summed E-state index contributed by atoms with van der Waals surface area (Å²) in [6.45, 7) is 7.16. The number of nitrogens with zero attached hydrogens (tertiary/aromatic N) is 2. The number of hydrogen-bond donors (Lipinski definition) is 2. The molecule has 1 unspecified atom stereocenters. The fourth-order valence-electron chi connectivity index (χ4n) is 1.79. The zero-order valence-corrected chi connectivity index (χ0v) is 10.3. The second-order valence-corrected chi connectivity index (χ2v) is 3.76. The summed E-state index contributed by atoms with van der Waals surface area (Å²) in [7, 11) is 1.95. The summed E-state index contributed by atoms with van der Waals surface area (Å²) >= 11 is 6.03. The number of nitrogens with one attached hydrogen (secondary N) is 2. The van der Waals surface area contributed by atoms with Crippen LogP contribution in [0.3, 0.4) is 0 Å². The summed E-state index contributed by atoms with van der Waals surface area (Å²) in [5.74, 6) is 0. The Morgan fingerprint density at radius 3 is 2.60 bits per heavy atom. The molecule has 0 aromatic carbocycles. The van der Waals surface area contributed by atoms with Gasteiger partial charge in [-0.1, -0.05) is 25.4 Å². The first-order chi connectivity index (χ1) is 7.24. The van der Waals surface area contributed by atoms with Crippen LogP contribution < -0.4 is 5.32 Å². The van der Waals surface area contributed by atoms with Crippen LogP contribution in [0.15, 0.2) is 6.33 Å². The summed E-state index contributed by atoms with van der Waals surface area (Å²) in [6.07, 6.45) is 1.64. The molecular weight excluding hydrogens is 212 g/mol. The molecule has 1 heterocycles. The molecule has 0 aliphatic heterocycles. The molecule has 0 aliphatic carbocycles. The van der Waals surface area contributed by atoms with Crippen molar-refractivity contribution in [2.75, 3.05) is 26.7 Å². The van der Waals surface area contributed by atoms with E-state index in [4.69, 9.17) is 11.6 Å². The monoisotopic (exact) mass is 230 g/mol. The van der Waals surface area contributed by atoms with Gasteiger partial charge in [-0.05, 0) is 20.1 Å². The Bertz CT molecular complexity index is 283. The lowest BCUT2D eigenvalue weighted by Gasteiger charge is -2.28. The van der Waals surface area contributed by atoms with Gasteiger partial charge in [0.15, 0.2) is 5.15 Å². The minimum absolute atomic E-state index is 0.264. The van der Waals surface area contributed by atoms with E-state index in [1.807, 2.05) is 7.05 Å². The first-order valence-electron chi connectivity index (χ1n) is 5.31. The van der Waals surface area contributed by atoms with Crippen molar-refractivity contribution in [1.82, 2.24) is 20.2 Å². The molecule has 0 aliphatic rings. The predicted molar refractivity (Wildman–Crippen MR) is 63.2 cm³/mol. The third-order valence-electron chi connectivity index (χ3n) is 2.60. The van der Waals surface area contributed by atoms with Crippen LogP contribution in [0, 0.1) is 0 Å². The molecular formula is C10H19ClN4. The van der Waals surface area contributed by atoms with E-state index in [1.165, 1.54) is 0 Å². The molecule has 1 aromatic heterocycles. The highest BCUT2D eigenvalue weighted by Gasteiger charge is 2.21. The molecule has 0 saturated heterocycles. The Hall–Kier alpha value is -0.580. The number of likely N-dealkylation sites (N-methyl/N-ethyl adjacent to an activating group) is 2. The van der Waals surface area contributed by atoms with Crippen molar-refractivity contribution in [1.29, 1.82) is 0 Å². The van der Waals surface area contributed by atoms with E-state index >= 15 is 0 Å². The molecule has 1 atom stereocenters. The lowest BCUT2D eigenvalue weighted by molar-refractivity contribution is 0.212. The van der Waals surface area contributed by atoms with E-state index in [0.29, 0.717) is 5.15 Å². The molecule has 15 heavy (non-hydrogen) atoms. The molecule has 1 aromatic rings. The van der Waals surface area contributed by atoms with Gasteiger partial charge in [-0.15, -0.1) is 0 Å². The second-order valence-electron chi connectivity index (χ2n) is 3.40. The summed E-state index contributed by atoms with van der Waals surface area (Å²) < 4.78 is 0. The molecule has 0 radical (unpaired) electrons. The smallest absolute Gasteiger partial charge is 0.151 e. The van der Waals surface area contributed by atoms with E-state index in [1.54, 1.807) is 6.33 Å². The van der Waals surface area contributed by atoms with Crippen LogP contribution in [-0.2, 0) is 0 Å². The highest BCUT2D eigenvalue weighted by atomic mass is 35.5. The van der Waals surface area contributed by atoms with Crippen molar-refractivity contribution in [2.45, 2.75) is 19.9 Å². The number of halogens is 1. The Balaban J connectivity index is 2.86. The summed E-state index contributed by atoms with van der Waals surface area (Å²) in [5, 5.41) is 3.76. The van der Waals surface area contributed by atoms with Crippen molar-refractivity contribution in [3.63, 3.8) is 0 Å². The van der Waals surface area contributed by atoms with Crippen LogP contribution in [-0.4, -0.2) is 41.5 Å². The van der Waals surface area contributed by atoms with Gasteiger partial charge in [0.25, 0.3) is 0 Å². The average molecular weight is 231 g/mol. The Kier molecular flexibility index (Phi) is 5.08. The largest absolute Gasteiger partial charge is 0.346 e. The van der Waals surface area contributed by atoms with Gasteiger partial charge in [0.05, 0.1) is 18.1 Å². The molecule has 5 heteroatoms. The third-order valence-corrected chi connectivity index (χ3v) is 2.91. The molecule has 2 N–H and O–H groups in total. The third kappa shape index (κ3) is 2.93. The number of H-pyrrole nitrogens is 1. The van der Waals surface area contributed by atoms with Crippen LogP contribution in [0.25, 0.3) is 0 Å². The fraction of sp³-hybridized carbons (Fsp3) is 0.700. The van der Waals surface area contributed by atoms with Crippen LogP contribution in [0.2, 0.25) is 5.15 Å². The first-order valence-corrected chi connectivity index (χ1v) is 5.69. The molecule has 0 spiro atoms. The average Bonchev–Trinajstić information content (AvgIpc) is 2.65. The molecule has 4 nitrogen and oxygen atoms in total. The van der Waals surface area contributed by atoms with Crippen molar-refractivity contribution in [3.05, 3.63) is 17.2 Å². The van der Waals surface area contributed by atoms with Gasteiger partial charge in [-0.25, -0.2) is 4.98 Å². The molecule has 0 saturated carbocycles. The van der Waals surface area contributed by atoms with E-state index in [9.17, 15) is 0 Å². The maximum Gasteiger partial charge on any atom is 0.151 e. The van der Waals surface area contributed by atoms with Gasteiger partial charge in [-0.3, -0.25) is 4.90 Å². The highest BCUT2D eigenvalue weighted by Crippen LogP contribution is 2.23. The molecule has 86 valence electrons. The van der Waals surface area contributed by atoms with Crippen molar-refractivity contribution in [2.24, 2.45) is 0 Å². The summed E-state index contributed by atoms with van der Waals surface area (Å²) in [4.78, 5) is 9.48. The van der Waals surface area contributed by atoms with Crippen molar-refractivity contribution in [3.8, 4) is 0 Å². The van der Waals surface area contributed by atoms with Crippen LogP contribution in [0.1, 0.15) is 25.6 Å². The predicted octanol–water partition coefficient (Wildman–Crippen LogP) is 1.67. The lowest BCUT2D eigenvalue weighted by atomic mass is 10.2. The number of imidazole rings is 1. The Morgan fingerprint density at radius 2 is 2.20 bits per heavy atom. The van der Waals surface area contributed by atoms with Crippen LogP contribution >= 0.6 is 11.6 Å². The van der Waals surface area contributed by atoms with Gasteiger partial charge in [0, 0.05) is 6.54 Å². The standard InChI is InChI=1S/C10H19ClN4/c1-4-15(5-2)8(6-12-3)9-10(11)14-7-13-9/h7-8,12H,4-6H2,1-3H3,(H,13,14). The fourth-order valence-corrected chi connectivity index (χ4v) is 2.02. The molecule has 0 fully saturated rings. The number of aromatic nitrogens is 2. The van der Waals surface area contributed by atoms with E-state index in [-0.39, 0.29) is 6.04 Å². The van der Waals surface area contributed by atoms with Gasteiger partial charge in [0.1, 0.15) is 0 Å². The molecule has 1 rings (SSSR count). The van der Waals surface area contributed by atoms with E-state index in [0.717, 1.165) is 25.3 Å². The summed E-state index contributed by atoms with van der Waals surface area (Å²) in [6, 6.07) is 0.264. The molecule has 0 amide bonds. The second kappa shape index (κ2) is 6.10. The Labute approximate surface area is 96.0 Å². The van der Waals surface area contributed by atoms with Crippen molar-refractivity contribution < 1.29 is 0 Å². The first kappa shape index (κ1) is 12.5. The zero-order valence-electron chi connectivity index (χ0n) is 9.55. The SMILES string of the molecule is CCN(CC)C(CNC)c1[nH]cnc1Cl. The normalized spacial score (nSPS) is 13.4. The number of hydrogen-bond acceptors (Lipinski definition) is 3. The quantitative estimate of drug-likeness (QED) is 0.782. The van der Waals surface area contributed by atoms with Gasteiger partial charge >= 0.3 is 0 Å². The minimum Gasteiger partial charge on any atom is -0.346 e. The minimum atomic E-state index is 0.264. The Morgan fingerprint density at radius 1 is 1.53 bits per heavy atom. The van der Waals surface area contributed by atoms with Crippen LogP contribution in [0.5, 0.6) is 0 Å². The van der Waals surface area contributed by atoms with Gasteiger partial charge < -0.3 is 10.3 Å². The highest BCUT2D eigenvalue weighted by molar-refractivity contribution is 6.30. The lowest BCUT2D eigenvalue weighted by Crippen LogP contribution is -2.35. The van der Waals surface area contributed by atoms with Gasteiger partial charge in [0.2, 0.25) is 0 Å². The number of rotatable bonds is 6. The van der Waals surface area contributed by atoms with E-state index < -0.39 is 0 Å². The van der Waals surface area contributed by atoms with E-state index in [2.05, 4.69) is 34.0 Å². The summed E-state index contributed by atoms with van der Waals surface area (Å²) in [5.41, 5.74) is 0.995. The van der Waals surface area contributed by atoms with Crippen molar-refractivity contribution >= 4 is 11.6 Å². The molecule has 0 bridgehead atoms. The van der Waals surface area contributed by atoms with Crippen LogP contribution in [0.4, 0.5) is 0 Å². The maximum absolute atomic E-state index is 6.03.